The Morgan fingerprint density at radius 3 is 2.62 bits per heavy atom. The van der Waals surface area contributed by atoms with E-state index < -0.39 is 0 Å². The number of rotatable bonds is 3. The summed E-state index contributed by atoms with van der Waals surface area (Å²) in [5.41, 5.74) is 2.44. The second kappa shape index (κ2) is 4.94. The molecule has 0 spiro atoms. The highest BCUT2D eigenvalue weighted by Crippen LogP contribution is 2.08. The Bertz CT molecular complexity index is 468. The summed E-state index contributed by atoms with van der Waals surface area (Å²) in [6, 6.07) is 9.96. The number of hydrogen-bond acceptors (Lipinski definition) is 3. The molecule has 0 unspecified atom stereocenters. The minimum Gasteiger partial charge on any atom is -0.350 e. The SMILES string of the molecule is Cc1ccc(CNc2nccc(Cl)n2)cc1. The molecule has 1 heterocycles. The van der Waals surface area contributed by atoms with E-state index >= 15 is 0 Å². The minimum atomic E-state index is 0.446. The van der Waals surface area contributed by atoms with Crippen LogP contribution in [0.4, 0.5) is 5.95 Å². The molecule has 0 aliphatic rings. The first kappa shape index (κ1) is 10.9. The van der Waals surface area contributed by atoms with Crippen LogP contribution in [0.25, 0.3) is 0 Å². The van der Waals surface area contributed by atoms with Gasteiger partial charge in [-0.25, -0.2) is 9.97 Å². The van der Waals surface area contributed by atoms with Crippen molar-refractivity contribution in [3.63, 3.8) is 0 Å². The van der Waals surface area contributed by atoms with Crippen molar-refractivity contribution in [1.82, 2.24) is 9.97 Å². The summed E-state index contributed by atoms with van der Waals surface area (Å²) in [6.07, 6.45) is 1.63. The Balaban J connectivity index is 1.99. The zero-order valence-electron chi connectivity index (χ0n) is 8.94. The van der Waals surface area contributed by atoms with Gasteiger partial charge in [-0.2, -0.15) is 0 Å². The molecule has 0 aliphatic carbocycles. The summed E-state index contributed by atoms with van der Waals surface area (Å²) in [4.78, 5) is 8.11. The zero-order valence-corrected chi connectivity index (χ0v) is 9.70. The standard InChI is InChI=1S/C12H12ClN3/c1-9-2-4-10(5-3-9)8-15-12-14-7-6-11(13)16-12/h2-7H,8H2,1H3,(H,14,15,16). The Hall–Kier alpha value is -1.61. The van der Waals surface area contributed by atoms with Gasteiger partial charge in [0.05, 0.1) is 0 Å². The van der Waals surface area contributed by atoms with Crippen LogP contribution in [-0.2, 0) is 6.54 Å². The molecule has 1 aromatic carbocycles. The normalized spacial score (nSPS) is 10.1. The van der Waals surface area contributed by atoms with Crippen molar-refractivity contribution in [3.05, 3.63) is 52.8 Å². The van der Waals surface area contributed by atoms with Crippen LogP contribution < -0.4 is 5.32 Å². The van der Waals surface area contributed by atoms with E-state index in [1.807, 2.05) is 0 Å². The largest absolute Gasteiger partial charge is 0.350 e. The summed E-state index contributed by atoms with van der Waals surface area (Å²) in [6.45, 7) is 2.76. The number of halogens is 1. The highest BCUT2D eigenvalue weighted by atomic mass is 35.5. The van der Waals surface area contributed by atoms with Gasteiger partial charge in [-0.05, 0) is 18.6 Å². The molecule has 0 atom stereocenters. The van der Waals surface area contributed by atoms with Gasteiger partial charge in [-0.3, -0.25) is 0 Å². The number of aromatic nitrogens is 2. The highest BCUT2D eigenvalue weighted by molar-refractivity contribution is 6.29. The molecule has 3 nitrogen and oxygen atoms in total. The van der Waals surface area contributed by atoms with E-state index in [0.717, 1.165) is 0 Å². The number of hydrogen-bond donors (Lipinski definition) is 1. The van der Waals surface area contributed by atoms with E-state index in [0.29, 0.717) is 17.6 Å². The van der Waals surface area contributed by atoms with E-state index in [4.69, 9.17) is 11.6 Å². The van der Waals surface area contributed by atoms with Crippen LogP contribution in [0.1, 0.15) is 11.1 Å². The van der Waals surface area contributed by atoms with E-state index in [9.17, 15) is 0 Å². The molecule has 0 fully saturated rings. The van der Waals surface area contributed by atoms with Gasteiger partial charge in [0.1, 0.15) is 5.15 Å². The summed E-state index contributed by atoms with van der Waals surface area (Å²) >= 11 is 5.76. The second-order valence-electron chi connectivity index (χ2n) is 3.54. The third-order valence-electron chi connectivity index (χ3n) is 2.19. The van der Waals surface area contributed by atoms with Gasteiger partial charge in [-0.1, -0.05) is 41.4 Å². The van der Waals surface area contributed by atoms with Crippen molar-refractivity contribution >= 4 is 17.5 Å². The average molecular weight is 234 g/mol. The Kier molecular flexibility index (Phi) is 3.37. The lowest BCUT2D eigenvalue weighted by Crippen LogP contribution is -2.03. The van der Waals surface area contributed by atoms with E-state index in [1.165, 1.54) is 11.1 Å². The summed E-state index contributed by atoms with van der Waals surface area (Å²) in [5.74, 6) is 0.549. The molecule has 0 saturated carbocycles. The maximum absolute atomic E-state index is 5.76. The summed E-state index contributed by atoms with van der Waals surface area (Å²) in [5, 5.41) is 3.56. The van der Waals surface area contributed by atoms with Gasteiger partial charge in [0.2, 0.25) is 5.95 Å². The molecular formula is C12H12ClN3. The number of anilines is 1. The molecular weight excluding hydrogens is 222 g/mol. The average Bonchev–Trinajstić information content (AvgIpc) is 2.28. The summed E-state index contributed by atoms with van der Waals surface area (Å²) in [7, 11) is 0. The maximum atomic E-state index is 5.76. The van der Waals surface area contributed by atoms with Gasteiger partial charge >= 0.3 is 0 Å². The Labute approximate surface area is 99.5 Å². The lowest BCUT2D eigenvalue weighted by Gasteiger charge is -2.04. The molecule has 2 aromatic rings. The van der Waals surface area contributed by atoms with Crippen LogP contribution in [0.3, 0.4) is 0 Å². The Morgan fingerprint density at radius 2 is 1.94 bits per heavy atom. The zero-order chi connectivity index (χ0) is 11.4. The molecule has 0 saturated heterocycles. The predicted octanol–water partition coefficient (Wildman–Crippen LogP) is 3.05. The minimum absolute atomic E-state index is 0.446. The molecule has 0 bridgehead atoms. The topological polar surface area (TPSA) is 37.8 Å². The molecule has 16 heavy (non-hydrogen) atoms. The van der Waals surface area contributed by atoms with Crippen LogP contribution in [0.15, 0.2) is 36.5 Å². The van der Waals surface area contributed by atoms with E-state index in [2.05, 4.69) is 46.5 Å². The second-order valence-corrected chi connectivity index (χ2v) is 3.93. The third-order valence-corrected chi connectivity index (χ3v) is 2.40. The van der Waals surface area contributed by atoms with Crippen molar-refractivity contribution in [1.29, 1.82) is 0 Å². The lowest BCUT2D eigenvalue weighted by atomic mass is 10.1. The van der Waals surface area contributed by atoms with Gasteiger partial charge < -0.3 is 5.32 Å². The molecule has 2 rings (SSSR count). The van der Waals surface area contributed by atoms with Crippen LogP contribution in [0.5, 0.6) is 0 Å². The quantitative estimate of drug-likeness (QED) is 0.828. The molecule has 0 aliphatic heterocycles. The number of aryl methyl sites for hydroxylation is 1. The molecule has 1 aromatic heterocycles. The fourth-order valence-corrected chi connectivity index (χ4v) is 1.45. The van der Waals surface area contributed by atoms with Gasteiger partial charge in [0.25, 0.3) is 0 Å². The van der Waals surface area contributed by atoms with Gasteiger partial charge in [0.15, 0.2) is 0 Å². The lowest BCUT2D eigenvalue weighted by molar-refractivity contribution is 1.05. The van der Waals surface area contributed by atoms with Crippen molar-refractivity contribution in [2.45, 2.75) is 13.5 Å². The van der Waals surface area contributed by atoms with Crippen LogP contribution in [0, 0.1) is 6.92 Å². The highest BCUT2D eigenvalue weighted by Gasteiger charge is 1.97. The van der Waals surface area contributed by atoms with Gasteiger partial charge in [0, 0.05) is 12.7 Å². The van der Waals surface area contributed by atoms with Crippen molar-refractivity contribution < 1.29 is 0 Å². The summed E-state index contributed by atoms with van der Waals surface area (Å²) < 4.78 is 0. The van der Waals surface area contributed by atoms with E-state index in [1.54, 1.807) is 12.3 Å². The van der Waals surface area contributed by atoms with Crippen LogP contribution in [-0.4, -0.2) is 9.97 Å². The van der Waals surface area contributed by atoms with Crippen molar-refractivity contribution in [2.24, 2.45) is 0 Å². The smallest absolute Gasteiger partial charge is 0.224 e. The molecule has 0 radical (unpaired) electrons. The molecule has 82 valence electrons. The fraction of sp³-hybridized carbons (Fsp3) is 0.167. The molecule has 0 amide bonds. The number of nitrogens with zero attached hydrogens (tertiary/aromatic N) is 2. The van der Waals surface area contributed by atoms with Crippen molar-refractivity contribution in [3.8, 4) is 0 Å². The Morgan fingerprint density at radius 1 is 1.19 bits per heavy atom. The predicted molar refractivity (Wildman–Crippen MR) is 65.5 cm³/mol. The fourth-order valence-electron chi connectivity index (χ4n) is 1.31. The van der Waals surface area contributed by atoms with Crippen LogP contribution in [0.2, 0.25) is 5.15 Å². The van der Waals surface area contributed by atoms with E-state index in [-0.39, 0.29) is 0 Å². The van der Waals surface area contributed by atoms with Crippen LogP contribution >= 0.6 is 11.6 Å². The number of benzene rings is 1. The first-order chi connectivity index (χ1) is 7.74. The first-order valence-electron chi connectivity index (χ1n) is 5.02. The molecule has 1 N–H and O–H groups in total. The molecule has 4 heteroatoms. The van der Waals surface area contributed by atoms with Crippen molar-refractivity contribution in [2.75, 3.05) is 5.32 Å². The van der Waals surface area contributed by atoms with Gasteiger partial charge in [-0.15, -0.1) is 0 Å². The number of nitrogens with one attached hydrogen (secondary N) is 1. The monoisotopic (exact) mass is 233 g/mol. The maximum Gasteiger partial charge on any atom is 0.224 e. The first-order valence-corrected chi connectivity index (χ1v) is 5.40. The third kappa shape index (κ3) is 2.94.